The van der Waals surface area contributed by atoms with E-state index in [2.05, 4.69) is 17.1 Å². The lowest BCUT2D eigenvalue weighted by molar-refractivity contribution is 1.26. The molecule has 0 amide bonds. The van der Waals surface area contributed by atoms with Gasteiger partial charge < -0.3 is 5.73 Å². The fraction of sp³-hybridized carbons (Fsp3) is 0.0833. The van der Waals surface area contributed by atoms with Crippen molar-refractivity contribution in [1.82, 2.24) is 4.98 Å². The van der Waals surface area contributed by atoms with Crippen LogP contribution < -0.4 is 5.73 Å². The molecule has 2 rings (SSSR count). The first kappa shape index (κ1) is 10.1. The zero-order valence-electron chi connectivity index (χ0n) is 8.26. The first-order valence-corrected chi connectivity index (χ1v) is 5.71. The predicted molar refractivity (Wildman–Crippen MR) is 64.7 cm³/mol. The molecule has 0 aliphatic rings. The van der Waals surface area contributed by atoms with Crippen LogP contribution in [0.1, 0.15) is 5.56 Å². The van der Waals surface area contributed by atoms with E-state index in [-0.39, 0.29) is 0 Å². The van der Waals surface area contributed by atoms with Crippen molar-refractivity contribution >= 4 is 17.6 Å². The molecule has 0 bridgehead atoms. The number of nitrogen functional groups attached to an aromatic ring is 1. The van der Waals surface area contributed by atoms with E-state index in [4.69, 9.17) is 5.73 Å². The lowest BCUT2D eigenvalue weighted by Crippen LogP contribution is -1.90. The van der Waals surface area contributed by atoms with Gasteiger partial charge in [0.15, 0.2) is 0 Å². The number of thioether (sulfide) groups is 1. The van der Waals surface area contributed by atoms with Gasteiger partial charge in [-0.1, -0.05) is 24.3 Å². The number of hydrogen-bond donors (Lipinski definition) is 1. The Morgan fingerprint density at radius 3 is 2.53 bits per heavy atom. The molecule has 1 heterocycles. The zero-order chi connectivity index (χ0) is 10.5. The van der Waals surface area contributed by atoms with Crippen LogP contribution in [0.5, 0.6) is 0 Å². The fourth-order valence-corrected chi connectivity index (χ4v) is 2.06. The number of rotatable bonds is 3. The van der Waals surface area contributed by atoms with E-state index >= 15 is 0 Å². The second kappa shape index (κ2) is 4.84. The number of aromatic nitrogens is 1. The Kier molecular flexibility index (Phi) is 3.25. The van der Waals surface area contributed by atoms with Crippen molar-refractivity contribution < 1.29 is 0 Å². The third kappa shape index (κ3) is 2.99. The predicted octanol–water partition coefficient (Wildman–Crippen LogP) is 2.96. The van der Waals surface area contributed by atoms with Crippen molar-refractivity contribution in [2.75, 3.05) is 5.73 Å². The minimum Gasteiger partial charge on any atom is -0.384 e. The summed E-state index contributed by atoms with van der Waals surface area (Å²) in [5.41, 5.74) is 6.71. The van der Waals surface area contributed by atoms with E-state index < -0.39 is 0 Å². The summed E-state index contributed by atoms with van der Waals surface area (Å²) >= 11 is 1.80. The summed E-state index contributed by atoms with van der Waals surface area (Å²) in [6.45, 7) is 0. The van der Waals surface area contributed by atoms with Crippen LogP contribution in [0.3, 0.4) is 0 Å². The van der Waals surface area contributed by atoms with Gasteiger partial charge in [0.05, 0.1) is 0 Å². The third-order valence-corrected chi connectivity index (χ3v) is 3.08. The van der Waals surface area contributed by atoms with Gasteiger partial charge in [0.2, 0.25) is 0 Å². The molecule has 2 N–H and O–H groups in total. The number of anilines is 1. The van der Waals surface area contributed by atoms with E-state index in [1.54, 1.807) is 11.8 Å². The normalized spacial score (nSPS) is 10.1. The molecule has 0 fully saturated rings. The smallest absolute Gasteiger partial charge is 0.123 e. The SMILES string of the molecule is Nc1ccc(CSc2ccccc2)cn1. The maximum absolute atomic E-state index is 5.52. The topological polar surface area (TPSA) is 38.9 Å². The summed E-state index contributed by atoms with van der Waals surface area (Å²) in [7, 11) is 0. The second-order valence-electron chi connectivity index (χ2n) is 3.19. The van der Waals surface area contributed by atoms with Gasteiger partial charge in [-0.25, -0.2) is 4.98 Å². The molecule has 0 unspecified atom stereocenters. The van der Waals surface area contributed by atoms with Crippen LogP contribution >= 0.6 is 11.8 Å². The maximum Gasteiger partial charge on any atom is 0.123 e. The molecule has 3 heteroatoms. The second-order valence-corrected chi connectivity index (χ2v) is 4.24. The minimum atomic E-state index is 0.573. The van der Waals surface area contributed by atoms with E-state index in [1.807, 2.05) is 36.5 Å². The maximum atomic E-state index is 5.52. The van der Waals surface area contributed by atoms with Crippen molar-refractivity contribution in [3.05, 3.63) is 54.2 Å². The number of benzene rings is 1. The van der Waals surface area contributed by atoms with Crippen LogP contribution in [0, 0.1) is 0 Å². The van der Waals surface area contributed by atoms with E-state index in [1.165, 1.54) is 10.5 Å². The minimum absolute atomic E-state index is 0.573. The molecule has 0 spiro atoms. The number of hydrogen-bond acceptors (Lipinski definition) is 3. The molecule has 1 aromatic heterocycles. The largest absolute Gasteiger partial charge is 0.384 e. The van der Waals surface area contributed by atoms with Crippen molar-refractivity contribution in [2.24, 2.45) is 0 Å². The summed E-state index contributed by atoms with van der Waals surface area (Å²) in [6.07, 6.45) is 1.82. The van der Waals surface area contributed by atoms with Crippen LogP contribution in [0.25, 0.3) is 0 Å². The Morgan fingerprint density at radius 2 is 1.87 bits per heavy atom. The highest BCUT2D eigenvalue weighted by molar-refractivity contribution is 7.98. The average Bonchev–Trinajstić information content (AvgIpc) is 2.30. The molecule has 0 aliphatic carbocycles. The Labute approximate surface area is 93.5 Å². The molecule has 2 nitrogen and oxygen atoms in total. The van der Waals surface area contributed by atoms with Crippen molar-refractivity contribution in [3.8, 4) is 0 Å². The molecule has 1 aromatic carbocycles. The number of pyridine rings is 1. The van der Waals surface area contributed by atoms with E-state index in [0.717, 1.165) is 5.75 Å². The molecular weight excluding hydrogens is 204 g/mol. The lowest BCUT2D eigenvalue weighted by atomic mass is 10.3. The van der Waals surface area contributed by atoms with Crippen molar-refractivity contribution in [2.45, 2.75) is 10.6 Å². The summed E-state index contributed by atoms with van der Waals surface area (Å²) in [5.74, 6) is 1.50. The average molecular weight is 216 g/mol. The zero-order valence-corrected chi connectivity index (χ0v) is 9.08. The van der Waals surface area contributed by atoms with Gasteiger partial charge >= 0.3 is 0 Å². The van der Waals surface area contributed by atoms with Crippen molar-refractivity contribution in [3.63, 3.8) is 0 Å². The standard InChI is InChI=1S/C12H12N2S/c13-12-7-6-10(8-14-12)9-15-11-4-2-1-3-5-11/h1-8H,9H2,(H2,13,14). The summed E-state index contributed by atoms with van der Waals surface area (Å²) in [6, 6.07) is 14.2. The Hall–Kier alpha value is -1.48. The lowest BCUT2D eigenvalue weighted by Gasteiger charge is -2.01. The third-order valence-electron chi connectivity index (χ3n) is 2.00. The molecule has 0 saturated heterocycles. The van der Waals surface area contributed by atoms with Gasteiger partial charge in [-0.15, -0.1) is 11.8 Å². The summed E-state index contributed by atoms with van der Waals surface area (Å²) in [5, 5.41) is 0. The van der Waals surface area contributed by atoms with Crippen LogP contribution in [0.2, 0.25) is 0 Å². The van der Waals surface area contributed by atoms with Gasteiger partial charge in [0.1, 0.15) is 5.82 Å². The first-order chi connectivity index (χ1) is 7.34. The van der Waals surface area contributed by atoms with E-state index in [0.29, 0.717) is 5.82 Å². The quantitative estimate of drug-likeness (QED) is 0.802. The molecule has 0 aliphatic heterocycles. The molecule has 15 heavy (non-hydrogen) atoms. The molecule has 2 aromatic rings. The van der Waals surface area contributed by atoms with Gasteiger partial charge in [-0.3, -0.25) is 0 Å². The van der Waals surface area contributed by atoms with Crippen molar-refractivity contribution in [1.29, 1.82) is 0 Å². The van der Waals surface area contributed by atoms with Crippen LogP contribution in [0.4, 0.5) is 5.82 Å². The van der Waals surface area contributed by atoms with E-state index in [9.17, 15) is 0 Å². The van der Waals surface area contributed by atoms with Gasteiger partial charge in [0.25, 0.3) is 0 Å². The van der Waals surface area contributed by atoms with Gasteiger partial charge in [0, 0.05) is 16.8 Å². The first-order valence-electron chi connectivity index (χ1n) is 4.73. The summed E-state index contributed by atoms with van der Waals surface area (Å²) < 4.78 is 0. The monoisotopic (exact) mass is 216 g/mol. The highest BCUT2D eigenvalue weighted by Crippen LogP contribution is 2.21. The molecular formula is C12H12N2S. The van der Waals surface area contributed by atoms with Crippen LogP contribution in [0.15, 0.2) is 53.6 Å². The fourth-order valence-electron chi connectivity index (χ4n) is 1.20. The molecule has 0 saturated carbocycles. The summed E-state index contributed by atoms with van der Waals surface area (Å²) in [4.78, 5) is 5.33. The number of nitrogens with two attached hydrogens (primary N) is 1. The van der Waals surface area contributed by atoms with Gasteiger partial charge in [-0.2, -0.15) is 0 Å². The van der Waals surface area contributed by atoms with Gasteiger partial charge in [-0.05, 0) is 23.8 Å². The Balaban J connectivity index is 1.96. The Bertz CT molecular complexity index is 411. The van der Waals surface area contributed by atoms with Crippen LogP contribution in [-0.2, 0) is 5.75 Å². The molecule has 76 valence electrons. The molecule has 0 radical (unpaired) electrons. The highest BCUT2D eigenvalue weighted by Gasteiger charge is 1.95. The molecule has 0 atom stereocenters. The number of nitrogens with zero attached hydrogens (tertiary/aromatic N) is 1. The Morgan fingerprint density at radius 1 is 1.07 bits per heavy atom. The highest BCUT2D eigenvalue weighted by atomic mass is 32.2. The van der Waals surface area contributed by atoms with Crippen LogP contribution in [-0.4, -0.2) is 4.98 Å².